The highest BCUT2D eigenvalue weighted by atomic mass is 16.5. The Balaban J connectivity index is 1.37. The number of ether oxygens (including phenoxy) is 1. The van der Waals surface area contributed by atoms with Crippen molar-refractivity contribution in [1.82, 2.24) is 0 Å². The number of hydrogen-bond donors (Lipinski definition) is 0. The SMILES string of the molecule is [2H]c1c([2H])c([2H])c(N(c2cc3c4c(c2)N(c2ccc5c(c2)C(C)(C)CCC5(C)C)c2cc5c(cc2B4c2ccccc2O3)C(C)(C)CCC5(C)C)c2c([2H])c([2H])c([2H])c([2H])c2[2H])c([2H])c1[2H]. The van der Waals surface area contributed by atoms with Crippen molar-refractivity contribution in [2.75, 3.05) is 9.80 Å². The molecule has 2 heterocycles. The molecule has 0 fully saturated rings. The Bertz CT molecular complexity index is 3000. The first-order chi connectivity index (χ1) is 30.9. The van der Waals surface area contributed by atoms with Crippen molar-refractivity contribution in [2.45, 2.75) is 103 Å². The summed E-state index contributed by atoms with van der Waals surface area (Å²) in [6, 6.07) is 17.0. The minimum atomic E-state index is -0.627. The molecular formula is C52H53BN2O. The number of hydrogen-bond acceptors (Lipinski definition) is 3. The Morgan fingerprint density at radius 2 is 1.09 bits per heavy atom. The number of nitrogens with zero attached hydrogens (tertiary/aromatic N) is 2. The lowest BCUT2D eigenvalue weighted by Crippen LogP contribution is -2.60. The van der Waals surface area contributed by atoms with Gasteiger partial charge in [0, 0.05) is 34.5 Å². The number of para-hydroxylation sites is 3. The first-order valence-corrected chi connectivity index (χ1v) is 19.9. The Kier molecular flexibility index (Phi) is 5.60. The fourth-order valence-electron chi connectivity index (χ4n) is 9.94. The second-order valence-electron chi connectivity index (χ2n) is 18.8. The molecule has 4 aliphatic rings. The molecule has 0 amide bonds. The maximum Gasteiger partial charge on any atom is 0.256 e. The van der Waals surface area contributed by atoms with Gasteiger partial charge in [0.05, 0.1) is 19.4 Å². The van der Waals surface area contributed by atoms with Crippen LogP contribution in [0.5, 0.6) is 11.5 Å². The van der Waals surface area contributed by atoms with E-state index in [1.807, 2.05) is 24.3 Å². The molecule has 0 unspecified atom stereocenters. The molecule has 0 aromatic heterocycles. The summed E-state index contributed by atoms with van der Waals surface area (Å²) in [6.45, 7) is 18.2. The lowest BCUT2D eigenvalue weighted by molar-refractivity contribution is 0.332. The summed E-state index contributed by atoms with van der Waals surface area (Å²) < 4.78 is 96.0. The molecule has 0 saturated heterocycles. The quantitative estimate of drug-likeness (QED) is 0.167. The van der Waals surface area contributed by atoms with E-state index >= 15 is 0 Å². The molecule has 6 aromatic carbocycles. The van der Waals surface area contributed by atoms with Crippen molar-refractivity contribution in [2.24, 2.45) is 0 Å². The predicted octanol–water partition coefficient (Wildman–Crippen LogP) is 12.3. The standard InChI is InChI=1S/C52H53BN2O/c1-49(2)25-26-50(3,4)39-29-36(23-24-38(39)49)55-44-33-41-40(51(5,6)27-28-52(41,7)8)32-43(44)53-42-21-15-16-22-46(42)56-47-31-37(30-45(55)48(47)53)54(34-17-11-9-12-18-34)35-19-13-10-14-20-35/h9-24,29-33H,25-28H2,1-8H3/i9D,10D,11D,12D,13D,14D,17D,18D,19D,20D. The van der Waals surface area contributed by atoms with Gasteiger partial charge in [0.25, 0.3) is 6.71 Å². The number of rotatable bonds is 4. The minimum absolute atomic E-state index is 0.0477. The van der Waals surface area contributed by atoms with E-state index in [-0.39, 0.29) is 45.4 Å². The summed E-state index contributed by atoms with van der Waals surface area (Å²) in [7, 11) is 0. The monoisotopic (exact) mass is 742 g/mol. The summed E-state index contributed by atoms with van der Waals surface area (Å²) in [5, 5.41) is 0. The Labute approximate surface area is 348 Å². The summed E-state index contributed by atoms with van der Waals surface area (Å²) in [5.74, 6) is 1.06. The number of fused-ring (bicyclic) bond motifs is 6. The first kappa shape index (κ1) is 25.8. The Morgan fingerprint density at radius 3 is 1.71 bits per heavy atom. The van der Waals surface area contributed by atoms with Crippen molar-refractivity contribution < 1.29 is 18.4 Å². The maximum absolute atomic E-state index is 9.26. The van der Waals surface area contributed by atoms with Crippen molar-refractivity contribution in [3.05, 3.63) is 149 Å². The van der Waals surface area contributed by atoms with Gasteiger partial charge in [-0.1, -0.05) is 122 Å². The van der Waals surface area contributed by atoms with E-state index in [2.05, 4.69) is 96.7 Å². The normalized spacial score (nSPS) is 21.2. The molecule has 4 heteroatoms. The van der Waals surface area contributed by atoms with Crippen LogP contribution in [0.1, 0.15) is 117 Å². The van der Waals surface area contributed by atoms with Gasteiger partial charge in [-0.05, 0) is 140 Å². The lowest BCUT2D eigenvalue weighted by atomic mass is 9.33. The van der Waals surface area contributed by atoms with Gasteiger partial charge in [-0.2, -0.15) is 0 Å². The highest BCUT2D eigenvalue weighted by molar-refractivity contribution is 6.99. The van der Waals surface area contributed by atoms with Gasteiger partial charge in [0.2, 0.25) is 0 Å². The second kappa shape index (κ2) is 12.1. The van der Waals surface area contributed by atoms with Crippen LogP contribution in [0.2, 0.25) is 0 Å². The Morgan fingerprint density at radius 1 is 0.536 bits per heavy atom. The smallest absolute Gasteiger partial charge is 0.256 e. The molecule has 10 rings (SSSR count). The highest BCUT2D eigenvalue weighted by Crippen LogP contribution is 2.52. The van der Waals surface area contributed by atoms with Crippen LogP contribution in [0, 0.1) is 0 Å². The highest BCUT2D eigenvalue weighted by Gasteiger charge is 2.46. The van der Waals surface area contributed by atoms with E-state index in [1.165, 1.54) is 27.2 Å². The van der Waals surface area contributed by atoms with Crippen LogP contribution < -0.4 is 30.9 Å². The maximum atomic E-state index is 9.26. The third kappa shape index (κ3) is 5.31. The average molecular weight is 743 g/mol. The molecule has 6 aromatic rings. The number of anilines is 6. The van der Waals surface area contributed by atoms with Crippen molar-refractivity contribution in [3.8, 4) is 11.5 Å². The third-order valence-electron chi connectivity index (χ3n) is 13.4. The minimum Gasteiger partial charge on any atom is -0.458 e. The summed E-state index contributed by atoms with van der Waals surface area (Å²) in [6.07, 6.45) is 4.09. The molecule has 0 radical (unpaired) electrons. The van der Waals surface area contributed by atoms with Crippen LogP contribution in [0.15, 0.2) is 127 Å². The van der Waals surface area contributed by atoms with E-state index in [4.69, 9.17) is 13.0 Å². The largest absolute Gasteiger partial charge is 0.458 e. The third-order valence-corrected chi connectivity index (χ3v) is 13.4. The van der Waals surface area contributed by atoms with Gasteiger partial charge in [0.1, 0.15) is 11.5 Å². The molecule has 2 aliphatic heterocycles. The summed E-state index contributed by atoms with van der Waals surface area (Å²) in [5.41, 5.74) is 9.69. The van der Waals surface area contributed by atoms with Crippen molar-refractivity contribution in [1.29, 1.82) is 0 Å². The molecule has 56 heavy (non-hydrogen) atoms. The van der Waals surface area contributed by atoms with Crippen LogP contribution >= 0.6 is 0 Å². The Hall–Kier alpha value is -5.22. The zero-order valence-electron chi connectivity index (χ0n) is 43.6. The van der Waals surface area contributed by atoms with Crippen molar-refractivity contribution >= 4 is 57.2 Å². The molecule has 2 aliphatic carbocycles. The molecule has 0 N–H and O–H groups in total. The average Bonchev–Trinajstić information content (AvgIpc) is 3.28. The number of benzene rings is 6. The van der Waals surface area contributed by atoms with Gasteiger partial charge in [-0.15, -0.1) is 0 Å². The molecule has 0 saturated carbocycles. The van der Waals surface area contributed by atoms with E-state index in [9.17, 15) is 5.48 Å². The van der Waals surface area contributed by atoms with Gasteiger partial charge in [-0.3, -0.25) is 0 Å². The molecule has 3 nitrogen and oxygen atoms in total. The molecule has 0 spiro atoms. The molecule has 0 bridgehead atoms. The molecule has 280 valence electrons. The van der Waals surface area contributed by atoms with E-state index < -0.39 is 60.4 Å². The van der Waals surface area contributed by atoms with Crippen molar-refractivity contribution in [3.63, 3.8) is 0 Å². The van der Waals surface area contributed by atoms with Gasteiger partial charge >= 0.3 is 0 Å². The van der Waals surface area contributed by atoms with Crippen LogP contribution in [-0.2, 0) is 21.7 Å². The van der Waals surface area contributed by atoms with Crippen LogP contribution in [-0.4, -0.2) is 6.71 Å². The lowest BCUT2D eigenvalue weighted by Gasteiger charge is -2.46. The summed E-state index contributed by atoms with van der Waals surface area (Å²) in [4.78, 5) is 3.50. The predicted molar refractivity (Wildman–Crippen MR) is 238 cm³/mol. The summed E-state index contributed by atoms with van der Waals surface area (Å²) >= 11 is 0. The van der Waals surface area contributed by atoms with Crippen LogP contribution in [0.25, 0.3) is 0 Å². The van der Waals surface area contributed by atoms with E-state index in [0.29, 0.717) is 17.2 Å². The fourth-order valence-corrected chi connectivity index (χ4v) is 9.94. The van der Waals surface area contributed by atoms with Crippen LogP contribution in [0.4, 0.5) is 34.1 Å². The second-order valence-corrected chi connectivity index (χ2v) is 18.8. The molecule has 0 atom stereocenters. The topological polar surface area (TPSA) is 15.7 Å². The molecular weight excluding hydrogens is 679 g/mol. The van der Waals surface area contributed by atoms with Gasteiger partial charge in [-0.25, -0.2) is 0 Å². The van der Waals surface area contributed by atoms with Gasteiger partial charge in [0.15, 0.2) is 0 Å². The van der Waals surface area contributed by atoms with E-state index in [1.54, 1.807) is 6.07 Å². The fraction of sp³-hybridized carbons (Fsp3) is 0.308. The zero-order chi connectivity index (χ0) is 47.5. The van der Waals surface area contributed by atoms with Gasteiger partial charge < -0.3 is 14.5 Å². The van der Waals surface area contributed by atoms with Crippen LogP contribution in [0.3, 0.4) is 0 Å². The van der Waals surface area contributed by atoms with E-state index in [0.717, 1.165) is 53.4 Å². The zero-order valence-corrected chi connectivity index (χ0v) is 33.6. The first-order valence-electron chi connectivity index (χ1n) is 24.9.